The van der Waals surface area contributed by atoms with Crippen molar-refractivity contribution in [1.29, 1.82) is 0 Å². The largest absolute Gasteiger partial charge is 0.508 e. The first-order valence-electron chi connectivity index (χ1n) is 7.74. The highest BCUT2D eigenvalue weighted by Crippen LogP contribution is 2.40. The van der Waals surface area contributed by atoms with Gasteiger partial charge in [0.2, 0.25) is 0 Å². The second kappa shape index (κ2) is 4.99. The van der Waals surface area contributed by atoms with Crippen molar-refractivity contribution in [3.05, 3.63) is 59.7 Å². The Hall–Kier alpha value is -2.53. The van der Waals surface area contributed by atoms with E-state index in [2.05, 4.69) is 11.5 Å². The SMILES string of the molecule is O=C(O)[C@@]1(Cc2ccc(O)cc2)C[C@@H]2Cc3ccccc3N2N1. The van der Waals surface area contributed by atoms with Crippen LogP contribution in [0.5, 0.6) is 5.75 Å². The summed E-state index contributed by atoms with van der Waals surface area (Å²) in [6, 6.07) is 15.0. The number of nitrogens with one attached hydrogen (secondary N) is 1. The lowest BCUT2D eigenvalue weighted by Crippen LogP contribution is -2.53. The molecule has 23 heavy (non-hydrogen) atoms. The van der Waals surface area contributed by atoms with E-state index in [0.717, 1.165) is 17.7 Å². The minimum Gasteiger partial charge on any atom is -0.508 e. The van der Waals surface area contributed by atoms with Crippen LogP contribution in [0.3, 0.4) is 0 Å². The number of hydrogen-bond acceptors (Lipinski definition) is 4. The molecule has 0 saturated carbocycles. The summed E-state index contributed by atoms with van der Waals surface area (Å²) in [5, 5.41) is 21.3. The van der Waals surface area contributed by atoms with Crippen LogP contribution in [0.15, 0.2) is 48.5 Å². The molecule has 1 fully saturated rings. The number of phenolic OH excluding ortho intramolecular Hbond substituents is 1. The molecule has 2 aliphatic rings. The first-order valence-corrected chi connectivity index (χ1v) is 7.74. The van der Waals surface area contributed by atoms with E-state index in [1.165, 1.54) is 5.56 Å². The number of fused-ring (bicyclic) bond motifs is 3. The Labute approximate surface area is 134 Å². The summed E-state index contributed by atoms with van der Waals surface area (Å²) >= 11 is 0. The lowest BCUT2D eigenvalue weighted by Gasteiger charge is -2.27. The molecule has 0 unspecified atom stereocenters. The molecule has 2 aliphatic heterocycles. The third-order valence-corrected chi connectivity index (χ3v) is 4.84. The fraction of sp³-hybridized carbons (Fsp3) is 0.278. The molecule has 2 aromatic rings. The van der Waals surface area contributed by atoms with Gasteiger partial charge in [0.15, 0.2) is 0 Å². The minimum atomic E-state index is -1.00. The van der Waals surface area contributed by atoms with Gasteiger partial charge in [-0.15, -0.1) is 0 Å². The Morgan fingerprint density at radius 3 is 2.70 bits per heavy atom. The maximum absolute atomic E-state index is 12.0. The molecule has 2 aromatic carbocycles. The minimum absolute atomic E-state index is 0.167. The molecule has 5 nitrogen and oxygen atoms in total. The van der Waals surface area contributed by atoms with Crippen molar-refractivity contribution >= 4 is 11.7 Å². The zero-order valence-electron chi connectivity index (χ0n) is 12.6. The summed E-state index contributed by atoms with van der Waals surface area (Å²) in [5.74, 6) is -0.649. The Bertz CT molecular complexity index is 759. The molecule has 118 valence electrons. The average Bonchev–Trinajstić information content (AvgIpc) is 3.05. The number of aromatic hydroxyl groups is 1. The van der Waals surface area contributed by atoms with Crippen molar-refractivity contribution in [2.45, 2.75) is 30.8 Å². The van der Waals surface area contributed by atoms with Crippen LogP contribution in [0, 0.1) is 0 Å². The number of rotatable bonds is 3. The summed E-state index contributed by atoms with van der Waals surface area (Å²) in [4.78, 5) is 12.0. The highest BCUT2D eigenvalue weighted by Gasteiger charge is 2.51. The van der Waals surface area contributed by atoms with E-state index >= 15 is 0 Å². The number of hydrazine groups is 1. The molecule has 5 heteroatoms. The number of aliphatic carboxylic acids is 1. The van der Waals surface area contributed by atoms with Crippen LogP contribution in [0.4, 0.5) is 5.69 Å². The summed E-state index contributed by atoms with van der Waals surface area (Å²) in [6.07, 6.45) is 1.81. The van der Waals surface area contributed by atoms with Gasteiger partial charge < -0.3 is 15.2 Å². The summed E-state index contributed by atoms with van der Waals surface area (Å²) in [7, 11) is 0. The summed E-state index contributed by atoms with van der Waals surface area (Å²) in [6.45, 7) is 0. The van der Waals surface area contributed by atoms with E-state index in [1.807, 2.05) is 23.2 Å². The van der Waals surface area contributed by atoms with Crippen molar-refractivity contribution in [2.75, 3.05) is 5.01 Å². The highest BCUT2D eigenvalue weighted by molar-refractivity contribution is 5.81. The van der Waals surface area contributed by atoms with Crippen LogP contribution >= 0.6 is 0 Å². The molecule has 0 spiro atoms. The second-order valence-corrected chi connectivity index (χ2v) is 6.40. The number of carboxylic acids is 1. The molecule has 4 rings (SSSR count). The van der Waals surface area contributed by atoms with Crippen LogP contribution in [-0.2, 0) is 17.6 Å². The fourth-order valence-corrected chi connectivity index (χ4v) is 3.74. The van der Waals surface area contributed by atoms with E-state index in [9.17, 15) is 15.0 Å². The van der Waals surface area contributed by atoms with Crippen LogP contribution in [0.1, 0.15) is 17.5 Å². The summed E-state index contributed by atoms with van der Waals surface area (Å²) < 4.78 is 0. The van der Waals surface area contributed by atoms with E-state index in [1.54, 1.807) is 24.3 Å². The van der Waals surface area contributed by atoms with Crippen molar-refractivity contribution in [3.63, 3.8) is 0 Å². The van der Waals surface area contributed by atoms with E-state index in [-0.39, 0.29) is 11.8 Å². The maximum Gasteiger partial charge on any atom is 0.326 e. The molecule has 2 heterocycles. The smallest absolute Gasteiger partial charge is 0.326 e. The molecule has 3 N–H and O–H groups in total. The number of phenols is 1. The topological polar surface area (TPSA) is 72.8 Å². The number of hydrogen-bond donors (Lipinski definition) is 3. The molecule has 0 radical (unpaired) electrons. The first-order chi connectivity index (χ1) is 11.1. The summed E-state index contributed by atoms with van der Waals surface area (Å²) in [5.41, 5.74) is 5.48. The number of para-hydroxylation sites is 1. The molecular weight excluding hydrogens is 292 g/mol. The van der Waals surface area contributed by atoms with Crippen molar-refractivity contribution in [2.24, 2.45) is 0 Å². The normalized spacial score (nSPS) is 25.2. The van der Waals surface area contributed by atoms with Crippen LogP contribution in [0.2, 0.25) is 0 Å². The van der Waals surface area contributed by atoms with Gasteiger partial charge in [0, 0.05) is 12.8 Å². The van der Waals surface area contributed by atoms with Crippen LogP contribution in [-0.4, -0.2) is 27.8 Å². The standard InChI is InChI=1S/C18H18N2O3/c21-15-7-5-12(6-8-15)10-18(17(22)23)11-14-9-13-3-1-2-4-16(13)20(14)19-18/h1-8,14,19,21H,9-11H2,(H,22,23)/t14-,18+/m0/s1. The maximum atomic E-state index is 12.0. The van der Waals surface area contributed by atoms with Gasteiger partial charge in [-0.05, 0) is 35.7 Å². The molecule has 0 aliphatic carbocycles. The van der Waals surface area contributed by atoms with Gasteiger partial charge >= 0.3 is 5.97 Å². The number of nitrogens with zero attached hydrogens (tertiary/aromatic N) is 1. The number of benzene rings is 2. The van der Waals surface area contributed by atoms with Gasteiger partial charge in [-0.25, -0.2) is 5.43 Å². The van der Waals surface area contributed by atoms with E-state index in [0.29, 0.717) is 12.8 Å². The third-order valence-electron chi connectivity index (χ3n) is 4.84. The zero-order chi connectivity index (χ0) is 16.0. The Morgan fingerprint density at radius 2 is 1.96 bits per heavy atom. The number of carbonyl (C=O) groups is 1. The molecule has 0 aromatic heterocycles. The second-order valence-electron chi connectivity index (χ2n) is 6.40. The van der Waals surface area contributed by atoms with Crippen LogP contribution in [0.25, 0.3) is 0 Å². The lowest BCUT2D eigenvalue weighted by molar-refractivity contribution is -0.144. The van der Waals surface area contributed by atoms with Crippen molar-refractivity contribution in [3.8, 4) is 5.75 Å². The predicted molar refractivity (Wildman–Crippen MR) is 86.3 cm³/mol. The number of carboxylic acid groups (broad SMARTS) is 1. The first kappa shape index (κ1) is 14.1. The highest BCUT2D eigenvalue weighted by atomic mass is 16.4. The van der Waals surface area contributed by atoms with Gasteiger partial charge in [-0.3, -0.25) is 4.79 Å². The van der Waals surface area contributed by atoms with Gasteiger partial charge in [-0.1, -0.05) is 30.3 Å². The van der Waals surface area contributed by atoms with Gasteiger partial charge in [0.25, 0.3) is 0 Å². The fourth-order valence-electron chi connectivity index (χ4n) is 3.74. The van der Waals surface area contributed by atoms with E-state index < -0.39 is 11.5 Å². The van der Waals surface area contributed by atoms with Crippen molar-refractivity contribution in [1.82, 2.24) is 5.43 Å². The zero-order valence-corrected chi connectivity index (χ0v) is 12.6. The Balaban J connectivity index is 1.64. The molecule has 2 atom stereocenters. The molecular formula is C18H18N2O3. The van der Waals surface area contributed by atoms with Crippen LogP contribution < -0.4 is 10.4 Å². The Kier molecular flexibility index (Phi) is 3.06. The van der Waals surface area contributed by atoms with Gasteiger partial charge in [-0.2, -0.15) is 0 Å². The van der Waals surface area contributed by atoms with E-state index in [4.69, 9.17) is 0 Å². The van der Waals surface area contributed by atoms with Gasteiger partial charge in [0.1, 0.15) is 11.3 Å². The quantitative estimate of drug-likeness (QED) is 0.810. The Morgan fingerprint density at radius 1 is 1.22 bits per heavy atom. The molecule has 1 saturated heterocycles. The molecule has 0 amide bonds. The van der Waals surface area contributed by atoms with Crippen molar-refractivity contribution < 1.29 is 15.0 Å². The predicted octanol–water partition coefficient (Wildman–Crippen LogP) is 2.10. The van der Waals surface area contributed by atoms with Gasteiger partial charge in [0.05, 0.1) is 11.7 Å². The third kappa shape index (κ3) is 2.24. The lowest BCUT2D eigenvalue weighted by atomic mass is 9.86. The molecule has 0 bridgehead atoms. The number of anilines is 1. The monoisotopic (exact) mass is 310 g/mol. The average molecular weight is 310 g/mol.